The average molecular weight is 210 g/mol. The summed E-state index contributed by atoms with van der Waals surface area (Å²) in [5.74, 6) is 1.68. The van der Waals surface area contributed by atoms with E-state index in [0.29, 0.717) is 0 Å². The van der Waals surface area contributed by atoms with E-state index >= 15 is 0 Å². The fraction of sp³-hybridized carbons (Fsp3) is 0.455. The van der Waals surface area contributed by atoms with Gasteiger partial charge in [0.2, 0.25) is 8.32 Å². The zero-order valence-electron chi connectivity index (χ0n) is 9.55. The van der Waals surface area contributed by atoms with E-state index in [9.17, 15) is 0 Å². The molecule has 0 radical (unpaired) electrons. The molecule has 1 aromatic carbocycles. The molecule has 0 heterocycles. The van der Waals surface area contributed by atoms with Crippen LogP contribution in [-0.4, -0.2) is 15.4 Å². The van der Waals surface area contributed by atoms with Crippen molar-refractivity contribution in [3.8, 4) is 11.5 Å². The molecule has 2 nitrogen and oxygen atoms in total. The zero-order chi connectivity index (χ0) is 10.8. The minimum Gasteiger partial charge on any atom is -0.542 e. The second-order valence-electron chi connectivity index (χ2n) is 4.37. The fourth-order valence-electron chi connectivity index (χ4n) is 1.19. The van der Waals surface area contributed by atoms with Gasteiger partial charge in [0.1, 0.15) is 5.75 Å². The molecule has 0 aliphatic heterocycles. The van der Waals surface area contributed by atoms with Crippen molar-refractivity contribution in [1.29, 1.82) is 0 Å². The summed E-state index contributed by atoms with van der Waals surface area (Å²) < 4.78 is 11.2. The maximum atomic E-state index is 5.89. The molecule has 0 aromatic heterocycles. The molecular formula is C11H18O2Si. The van der Waals surface area contributed by atoms with E-state index in [0.717, 1.165) is 11.5 Å². The summed E-state index contributed by atoms with van der Waals surface area (Å²) in [4.78, 5) is 0. The lowest BCUT2D eigenvalue weighted by Gasteiger charge is -2.21. The highest BCUT2D eigenvalue weighted by Crippen LogP contribution is 2.29. The van der Waals surface area contributed by atoms with E-state index in [1.165, 1.54) is 5.56 Å². The van der Waals surface area contributed by atoms with Crippen LogP contribution in [0.3, 0.4) is 0 Å². The number of hydrogen-bond donors (Lipinski definition) is 0. The Morgan fingerprint density at radius 3 is 2.21 bits per heavy atom. The van der Waals surface area contributed by atoms with Crippen LogP contribution < -0.4 is 9.16 Å². The number of rotatable bonds is 3. The molecule has 14 heavy (non-hydrogen) atoms. The first kappa shape index (κ1) is 11.1. The van der Waals surface area contributed by atoms with Crippen LogP contribution in [0.15, 0.2) is 18.2 Å². The predicted octanol–water partition coefficient (Wildman–Crippen LogP) is 3.22. The summed E-state index contributed by atoms with van der Waals surface area (Å²) in [6.07, 6.45) is 0. The van der Waals surface area contributed by atoms with Crippen LogP contribution in [-0.2, 0) is 0 Å². The smallest absolute Gasteiger partial charge is 0.242 e. The Labute approximate surface area is 87.0 Å². The monoisotopic (exact) mass is 210 g/mol. The van der Waals surface area contributed by atoms with Crippen molar-refractivity contribution in [2.75, 3.05) is 7.11 Å². The third-order valence-corrected chi connectivity index (χ3v) is 2.57. The summed E-state index contributed by atoms with van der Waals surface area (Å²) in [5, 5.41) is 0. The maximum Gasteiger partial charge on any atom is 0.242 e. The number of benzene rings is 1. The molecule has 0 bridgehead atoms. The average Bonchev–Trinajstić information content (AvgIpc) is 2.06. The van der Waals surface area contributed by atoms with Gasteiger partial charge in [0.25, 0.3) is 0 Å². The van der Waals surface area contributed by atoms with Crippen LogP contribution in [0, 0.1) is 6.92 Å². The summed E-state index contributed by atoms with van der Waals surface area (Å²) in [7, 11) is 0.129. The third-order valence-electron chi connectivity index (χ3n) is 1.74. The van der Waals surface area contributed by atoms with Crippen LogP contribution in [0.25, 0.3) is 0 Å². The highest BCUT2D eigenvalue weighted by Gasteiger charge is 2.18. The first-order valence-corrected chi connectivity index (χ1v) is 8.17. The van der Waals surface area contributed by atoms with Crippen LogP contribution in [0.5, 0.6) is 11.5 Å². The van der Waals surface area contributed by atoms with E-state index in [-0.39, 0.29) is 0 Å². The molecule has 78 valence electrons. The maximum absolute atomic E-state index is 5.89. The van der Waals surface area contributed by atoms with E-state index in [4.69, 9.17) is 9.16 Å². The molecule has 0 saturated carbocycles. The predicted molar refractivity (Wildman–Crippen MR) is 61.7 cm³/mol. The van der Waals surface area contributed by atoms with Crippen LogP contribution >= 0.6 is 0 Å². The molecule has 0 amide bonds. The molecule has 0 unspecified atom stereocenters. The van der Waals surface area contributed by atoms with Crippen LogP contribution in [0.1, 0.15) is 5.56 Å². The van der Waals surface area contributed by atoms with Gasteiger partial charge in [0.05, 0.1) is 7.11 Å². The topological polar surface area (TPSA) is 18.5 Å². The second-order valence-corrected chi connectivity index (χ2v) is 8.80. The first-order chi connectivity index (χ1) is 6.42. The second kappa shape index (κ2) is 4.05. The van der Waals surface area contributed by atoms with Gasteiger partial charge in [-0.05, 0) is 44.3 Å². The van der Waals surface area contributed by atoms with Gasteiger partial charge in [-0.3, -0.25) is 0 Å². The van der Waals surface area contributed by atoms with Crippen LogP contribution in [0.2, 0.25) is 19.6 Å². The lowest BCUT2D eigenvalue weighted by Crippen LogP contribution is -2.29. The number of aryl methyl sites for hydroxylation is 1. The molecule has 0 spiro atoms. The molecule has 0 fully saturated rings. The largest absolute Gasteiger partial charge is 0.542 e. The summed E-state index contributed by atoms with van der Waals surface area (Å²) >= 11 is 0. The molecule has 0 N–H and O–H groups in total. The Morgan fingerprint density at radius 2 is 1.71 bits per heavy atom. The van der Waals surface area contributed by atoms with Gasteiger partial charge in [-0.25, -0.2) is 0 Å². The van der Waals surface area contributed by atoms with Crippen molar-refractivity contribution in [2.24, 2.45) is 0 Å². The molecule has 1 aromatic rings. The molecule has 0 saturated heterocycles. The molecule has 1 rings (SSSR count). The lowest BCUT2D eigenvalue weighted by atomic mass is 10.2. The summed E-state index contributed by atoms with van der Waals surface area (Å²) in [5.41, 5.74) is 1.18. The van der Waals surface area contributed by atoms with E-state index in [2.05, 4.69) is 19.6 Å². The Kier molecular flexibility index (Phi) is 3.21. The fourth-order valence-corrected chi connectivity index (χ4v) is 2.02. The van der Waals surface area contributed by atoms with Gasteiger partial charge < -0.3 is 9.16 Å². The van der Waals surface area contributed by atoms with Crippen molar-refractivity contribution in [3.05, 3.63) is 23.8 Å². The molecular weight excluding hydrogens is 192 g/mol. The van der Waals surface area contributed by atoms with Crippen molar-refractivity contribution in [1.82, 2.24) is 0 Å². The number of ether oxygens (including phenoxy) is 1. The van der Waals surface area contributed by atoms with Crippen molar-refractivity contribution < 1.29 is 9.16 Å². The molecule has 3 heteroatoms. The SMILES string of the molecule is COc1cc(C)ccc1O[Si](C)(C)C. The third kappa shape index (κ3) is 3.07. The van der Waals surface area contributed by atoms with E-state index < -0.39 is 8.32 Å². The minimum absolute atomic E-state index is 0.826. The van der Waals surface area contributed by atoms with Gasteiger partial charge in [-0.2, -0.15) is 0 Å². The minimum atomic E-state index is -1.54. The molecule has 0 atom stereocenters. The van der Waals surface area contributed by atoms with E-state index in [1.807, 2.05) is 25.1 Å². The van der Waals surface area contributed by atoms with Crippen LogP contribution in [0.4, 0.5) is 0 Å². The van der Waals surface area contributed by atoms with Crippen molar-refractivity contribution >= 4 is 8.32 Å². The van der Waals surface area contributed by atoms with Crippen molar-refractivity contribution in [2.45, 2.75) is 26.6 Å². The summed E-state index contributed by atoms with van der Waals surface area (Å²) in [6, 6.07) is 6.01. The van der Waals surface area contributed by atoms with Gasteiger partial charge in [-0.1, -0.05) is 6.07 Å². The standard InChI is InChI=1S/C11H18O2Si/c1-9-6-7-10(11(8-9)12-2)13-14(3,4)5/h6-8H,1-5H3. The number of hydrogen-bond acceptors (Lipinski definition) is 2. The molecule has 0 aliphatic carbocycles. The zero-order valence-corrected chi connectivity index (χ0v) is 10.5. The van der Waals surface area contributed by atoms with Gasteiger partial charge in [0.15, 0.2) is 5.75 Å². The van der Waals surface area contributed by atoms with E-state index in [1.54, 1.807) is 7.11 Å². The highest BCUT2D eigenvalue weighted by atomic mass is 28.4. The lowest BCUT2D eigenvalue weighted by molar-refractivity contribution is 0.392. The quantitative estimate of drug-likeness (QED) is 0.713. The Morgan fingerprint density at radius 1 is 1.07 bits per heavy atom. The summed E-state index contributed by atoms with van der Waals surface area (Å²) in [6.45, 7) is 8.52. The van der Waals surface area contributed by atoms with Gasteiger partial charge in [0, 0.05) is 0 Å². The Balaban J connectivity index is 2.97. The highest BCUT2D eigenvalue weighted by molar-refractivity contribution is 6.70. The molecule has 0 aliphatic rings. The Bertz CT molecular complexity index is 316. The van der Waals surface area contributed by atoms with Crippen molar-refractivity contribution in [3.63, 3.8) is 0 Å². The van der Waals surface area contributed by atoms with Gasteiger partial charge in [-0.15, -0.1) is 0 Å². The first-order valence-electron chi connectivity index (χ1n) is 4.76. The normalized spacial score (nSPS) is 11.2. The van der Waals surface area contributed by atoms with Gasteiger partial charge >= 0.3 is 0 Å². The Hall–Kier alpha value is -0.963. The number of methoxy groups -OCH3 is 1.